The van der Waals surface area contributed by atoms with Gasteiger partial charge in [-0.15, -0.1) is 0 Å². The summed E-state index contributed by atoms with van der Waals surface area (Å²) in [6, 6.07) is 2.04. The first kappa shape index (κ1) is 10.3. The van der Waals surface area contributed by atoms with Crippen LogP contribution in [0.4, 0.5) is 0 Å². The molecule has 0 aromatic carbocycles. The van der Waals surface area contributed by atoms with Crippen molar-refractivity contribution >= 4 is 0 Å². The van der Waals surface area contributed by atoms with Crippen molar-refractivity contribution in [2.24, 2.45) is 11.1 Å². The van der Waals surface area contributed by atoms with Crippen LogP contribution in [-0.2, 0) is 13.0 Å². The Kier molecular flexibility index (Phi) is 3.09. The molecule has 0 saturated heterocycles. The van der Waals surface area contributed by atoms with Crippen LogP contribution in [-0.4, -0.2) is 16.3 Å². The Balaban J connectivity index is 2.70. The summed E-state index contributed by atoms with van der Waals surface area (Å²) in [5, 5.41) is 4.28. The van der Waals surface area contributed by atoms with Gasteiger partial charge in [-0.3, -0.25) is 4.68 Å². The van der Waals surface area contributed by atoms with Gasteiger partial charge in [-0.25, -0.2) is 0 Å². The molecule has 1 aromatic rings. The van der Waals surface area contributed by atoms with Crippen LogP contribution >= 0.6 is 0 Å². The maximum Gasteiger partial charge on any atom is 0.0492 e. The van der Waals surface area contributed by atoms with Crippen molar-refractivity contribution in [2.45, 2.75) is 33.7 Å². The van der Waals surface area contributed by atoms with Gasteiger partial charge < -0.3 is 5.73 Å². The van der Waals surface area contributed by atoms with Crippen molar-refractivity contribution in [2.75, 3.05) is 6.54 Å². The van der Waals surface area contributed by atoms with E-state index in [0.29, 0.717) is 6.54 Å². The molecule has 1 rings (SSSR count). The van der Waals surface area contributed by atoms with E-state index in [4.69, 9.17) is 5.73 Å². The maximum atomic E-state index is 5.51. The predicted octanol–water partition coefficient (Wildman–Crippen LogP) is 1.43. The van der Waals surface area contributed by atoms with E-state index in [1.165, 1.54) is 5.69 Å². The molecule has 2 N–H and O–H groups in total. The van der Waals surface area contributed by atoms with Crippen LogP contribution in [0.1, 0.15) is 26.5 Å². The summed E-state index contributed by atoms with van der Waals surface area (Å²) >= 11 is 0. The van der Waals surface area contributed by atoms with Crippen LogP contribution in [0.2, 0.25) is 0 Å². The van der Waals surface area contributed by atoms with Gasteiger partial charge in [0.15, 0.2) is 0 Å². The summed E-state index contributed by atoms with van der Waals surface area (Å²) in [6.45, 7) is 8.27. The Morgan fingerprint density at radius 2 is 2.15 bits per heavy atom. The summed E-state index contributed by atoms with van der Waals surface area (Å²) in [5.74, 6) is 0. The highest BCUT2D eigenvalue weighted by Crippen LogP contribution is 2.16. The smallest absolute Gasteiger partial charge is 0.0492 e. The summed E-state index contributed by atoms with van der Waals surface area (Å²) in [4.78, 5) is 0. The minimum Gasteiger partial charge on any atom is -0.330 e. The summed E-state index contributed by atoms with van der Waals surface area (Å²) in [6.07, 6.45) is 2.76. The van der Waals surface area contributed by atoms with Crippen LogP contribution in [0.3, 0.4) is 0 Å². The molecule has 3 nitrogen and oxygen atoms in total. The molecule has 0 radical (unpaired) electrons. The first-order valence-corrected chi connectivity index (χ1v) is 4.74. The van der Waals surface area contributed by atoms with Crippen molar-refractivity contribution < 1.29 is 0 Å². The first-order chi connectivity index (χ1) is 6.03. The number of aromatic nitrogens is 2. The van der Waals surface area contributed by atoms with Crippen molar-refractivity contribution in [3.05, 3.63) is 18.0 Å². The van der Waals surface area contributed by atoms with Crippen molar-refractivity contribution in [3.63, 3.8) is 0 Å². The van der Waals surface area contributed by atoms with Crippen molar-refractivity contribution in [3.8, 4) is 0 Å². The van der Waals surface area contributed by atoms with Gasteiger partial charge >= 0.3 is 0 Å². The molecule has 0 unspecified atom stereocenters. The third kappa shape index (κ3) is 3.19. The molecule has 0 bridgehead atoms. The lowest BCUT2D eigenvalue weighted by molar-refractivity contribution is 0.319. The highest BCUT2D eigenvalue weighted by Gasteiger charge is 2.13. The summed E-state index contributed by atoms with van der Waals surface area (Å²) < 4.78 is 2.05. The molecule has 1 aromatic heterocycles. The third-order valence-electron chi connectivity index (χ3n) is 1.83. The number of nitrogens with zero attached hydrogens (tertiary/aromatic N) is 2. The standard InChI is InChI=1S/C10H19N3/c1-10(2,3)8-13-9(4-6-11)5-7-12-13/h5,7H,4,6,8,11H2,1-3H3. The van der Waals surface area contributed by atoms with Crippen LogP contribution < -0.4 is 5.73 Å². The zero-order valence-corrected chi connectivity index (χ0v) is 8.75. The molecular formula is C10H19N3. The number of nitrogens with two attached hydrogens (primary N) is 1. The zero-order chi connectivity index (χ0) is 9.90. The second kappa shape index (κ2) is 3.92. The molecule has 1 heterocycles. The molecule has 0 aliphatic carbocycles. The molecule has 0 atom stereocenters. The molecule has 0 fully saturated rings. The first-order valence-electron chi connectivity index (χ1n) is 4.74. The third-order valence-corrected chi connectivity index (χ3v) is 1.83. The van der Waals surface area contributed by atoms with Gasteiger partial charge in [-0.05, 0) is 18.0 Å². The Bertz CT molecular complexity index is 257. The van der Waals surface area contributed by atoms with Crippen LogP contribution in [0.5, 0.6) is 0 Å². The van der Waals surface area contributed by atoms with Crippen LogP contribution in [0, 0.1) is 5.41 Å². The van der Waals surface area contributed by atoms with Gasteiger partial charge in [0.05, 0.1) is 0 Å². The van der Waals surface area contributed by atoms with Gasteiger partial charge in [0.2, 0.25) is 0 Å². The van der Waals surface area contributed by atoms with E-state index < -0.39 is 0 Å². The van der Waals surface area contributed by atoms with E-state index in [9.17, 15) is 0 Å². The number of hydrogen-bond donors (Lipinski definition) is 1. The average molecular weight is 181 g/mol. The summed E-state index contributed by atoms with van der Waals surface area (Å²) in [5.41, 5.74) is 7.02. The number of rotatable bonds is 3. The summed E-state index contributed by atoms with van der Waals surface area (Å²) in [7, 11) is 0. The molecular weight excluding hydrogens is 162 g/mol. The van der Waals surface area contributed by atoms with E-state index in [1.807, 2.05) is 16.9 Å². The molecule has 0 aliphatic heterocycles. The fourth-order valence-corrected chi connectivity index (χ4v) is 1.31. The quantitative estimate of drug-likeness (QED) is 0.766. The zero-order valence-electron chi connectivity index (χ0n) is 8.75. The lowest BCUT2D eigenvalue weighted by Crippen LogP contribution is -2.19. The second-order valence-corrected chi connectivity index (χ2v) is 4.58. The number of hydrogen-bond acceptors (Lipinski definition) is 2. The van der Waals surface area contributed by atoms with Gasteiger partial charge in [0, 0.05) is 24.9 Å². The fourth-order valence-electron chi connectivity index (χ4n) is 1.31. The molecule has 74 valence electrons. The van der Waals surface area contributed by atoms with Gasteiger partial charge in [0.1, 0.15) is 0 Å². The Morgan fingerprint density at radius 3 is 2.69 bits per heavy atom. The highest BCUT2D eigenvalue weighted by atomic mass is 15.3. The van der Waals surface area contributed by atoms with Crippen molar-refractivity contribution in [1.29, 1.82) is 0 Å². The van der Waals surface area contributed by atoms with E-state index >= 15 is 0 Å². The molecule has 0 saturated carbocycles. The highest BCUT2D eigenvalue weighted by molar-refractivity contribution is 5.01. The normalized spacial score (nSPS) is 12.0. The van der Waals surface area contributed by atoms with Crippen LogP contribution in [0.25, 0.3) is 0 Å². The monoisotopic (exact) mass is 181 g/mol. The SMILES string of the molecule is CC(C)(C)Cn1nccc1CCN. The lowest BCUT2D eigenvalue weighted by Gasteiger charge is -2.19. The topological polar surface area (TPSA) is 43.8 Å². The largest absolute Gasteiger partial charge is 0.330 e. The molecule has 0 spiro atoms. The fraction of sp³-hybridized carbons (Fsp3) is 0.700. The minimum atomic E-state index is 0.273. The van der Waals surface area contributed by atoms with Gasteiger partial charge in [-0.2, -0.15) is 5.10 Å². The maximum absolute atomic E-state index is 5.51. The van der Waals surface area contributed by atoms with E-state index in [1.54, 1.807) is 0 Å². The van der Waals surface area contributed by atoms with E-state index in [-0.39, 0.29) is 5.41 Å². The molecule has 13 heavy (non-hydrogen) atoms. The van der Waals surface area contributed by atoms with E-state index in [2.05, 4.69) is 25.9 Å². The molecule has 3 heteroatoms. The van der Waals surface area contributed by atoms with Gasteiger partial charge in [0.25, 0.3) is 0 Å². The van der Waals surface area contributed by atoms with Gasteiger partial charge in [-0.1, -0.05) is 20.8 Å². The minimum absolute atomic E-state index is 0.273. The average Bonchev–Trinajstić information content (AvgIpc) is 2.34. The van der Waals surface area contributed by atoms with Crippen molar-refractivity contribution in [1.82, 2.24) is 9.78 Å². The van der Waals surface area contributed by atoms with Crippen LogP contribution in [0.15, 0.2) is 12.3 Å². The molecule has 0 aliphatic rings. The Labute approximate surface area is 79.9 Å². The van der Waals surface area contributed by atoms with E-state index in [0.717, 1.165) is 13.0 Å². The lowest BCUT2D eigenvalue weighted by atomic mass is 9.97. The molecule has 0 amide bonds. The predicted molar refractivity (Wildman–Crippen MR) is 54.4 cm³/mol. The Hall–Kier alpha value is -0.830. The Morgan fingerprint density at radius 1 is 1.46 bits per heavy atom. The second-order valence-electron chi connectivity index (χ2n) is 4.58.